The maximum absolute atomic E-state index is 13.7. The molecule has 0 heterocycles. The highest BCUT2D eigenvalue weighted by Gasteiger charge is 2.14. The van der Waals surface area contributed by atoms with E-state index < -0.39 is 17.5 Å². The van der Waals surface area contributed by atoms with E-state index in [1.807, 2.05) is 0 Å². The molecule has 1 N–H and O–H groups in total. The van der Waals surface area contributed by atoms with Crippen LogP contribution >= 0.6 is 0 Å². The van der Waals surface area contributed by atoms with Crippen LogP contribution in [0.3, 0.4) is 0 Å². The van der Waals surface area contributed by atoms with Gasteiger partial charge in [-0.1, -0.05) is 6.07 Å². The summed E-state index contributed by atoms with van der Waals surface area (Å²) in [7, 11) is 3.10. The third-order valence-electron chi connectivity index (χ3n) is 3.29. The zero-order valence-corrected chi connectivity index (χ0v) is 11.8. The van der Waals surface area contributed by atoms with Crippen molar-refractivity contribution in [2.24, 2.45) is 0 Å². The zero-order chi connectivity index (χ0) is 15.4. The van der Waals surface area contributed by atoms with Crippen molar-refractivity contribution in [2.75, 3.05) is 14.2 Å². The summed E-state index contributed by atoms with van der Waals surface area (Å²) in [6.07, 6.45) is 0.344. The van der Waals surface area contributed by atoms with Crippen LogP contribution in [0.25, 0.3) is 0 Å². The van der Waals surface area contributed by atoms with Crippen LogP contribution in [0.2, 0.25) is 0 Å². The van der Waals surface area contributed by atoms with E-state index >= 15 is 0 Å². The Morgan fingerprint density at radius 3 is 2.24 bits per heavy atom. The molecule has 2 aromatic carbocycles. The topological polar surface area (TPSA) is 21.3 Å². The average Bonchev–Trinajstić information content (AvgIpc) is 2.43. The van der Waals surface area contributed by atoms with Crippen molar-refractivity contribution in [3.05, 3.63) is 65.0 Å². The molecule has 0 saturated heterocycles. The van der Waals surface area contributed by atoms with Crippen LogP contribution < -0.4 is 10.1 Å². The molecule has 0 saturated carbocycles. The SMILES string of the molecule is CNC(Cc1cc(F)cc(F)c1)c1ccc(OC)c(F)c1. The highest BCUT2D eigenvalue weighted by Crippen LogP contribution is 2.24. The van der Waals surface area contributed by atoms with E-state index in [2.05, 4.69) is 5.32 Å². The normalized spacial score (nSPS) is 12.2. The maximum atomic E-state index is 13.7. The van der Waals surface area contributed by atoms with Crippen molar-refractivity contribution < 1.29 is 17.9 Å². The molecule has 0 aliphatic rings. The molecule has 0 aliphatic carbocycles. The third kappa shape index (κ3) is 3.76. The Balaban J connectivity index is 2.25. The fraction of sp³-hybridized carbons (Fsp3) is 0.250. The van der Waals surface area contributed by atoms with Crippen LogP contribution in [-0.2, 0) is 6.42 Å². The molecule has 0 aromatic heterocycles. The predicted octanol–water partition coefficient (Wildman–Crippen LogP) is 3.62. The minimum absolute atomic E-state index is 0.158. The zero-order valence-electron chi connectivity index (χ0n) is 11.8. The summed E-state index contributed by atoms with van der Waals surface area (Å²) < 4.78 is 45.0. The molecule has 2 nitrogen and oxygen atoms in total. The van der Waals surface area contributed by atoms with E-state index in [9.17, 15) is 13.2 Å². The molecule has 0 radical (unpaired) electrons. The summed E-state index contributed by atoms with van der Waals surface area (Å²) in [6, 6.07) is 7.72. The molecule has 112 valence electrons. The fourth-order valence-corrected chi connectivity index (χ4v) is 2.25. The first-order chi connectivity index (χ1) is 10.0. The molecule has 5 heteroatoms. The second kappa shape index (κ2) is 6.63. The summed E-state index contributed by atoms with van der Waals surface area (Å²) in [4.78, 5) is 0. The van der Waals surface area contributed by atoms with Crippen LogP contribution in [-0.4, -0.2) is 14.2 Å². The molecule has 2 aromatic rings. The third-order valence-corrected chi connectivity index (χ3v) is 3.29. The molecular weight excluding hydrogens is 279 g/mol. The van der Waals surface area contributed by atoms with Crippen LogP contribution in [0.1, 0.15) is 17.2 Å². The van der Waals surface area contributed by atoms with E-state index in [4.69, 9.17) is 4.74 Å². The minimum atomic E-state index is -0.624. The Labute approximate surface area is 121 Å². The highest BCUT2D eigenvalue weighted by atomic mass is 19.1. The molecular formula is C16H16F3NO. The second-order valence-electron chi connectivity index (χ2n) is 4.72. The standard InChI is InChI=1S/C16H16F3NO/c1-20-15(7-10-5-12(17)9-13(18)6-10)11-3-4-16(21-2)14(19)8-11/h3-6,8-9,15,20H,7H2,1-2H3. The van der Waals surface area contributed by atoms with Crippen LogP contribution in [0.5, 0.6) is 5.75 Å². The number of methoxy groups -OCH3 is 1. The van der Waals surface area contributed by atoms with Gasteiger partial charge in [0.25, 0.3) is 0 Å². The van der Waals surface area contributed by atoms with Crippen molar-refractivity contribution in [1.29, 1.82) is 0 Å². The van der Waals surface area contributed by atoms with Crippen LogP contribution in [0.15, 0.2) is 36.4 Å². The molecule has 1 unspecified atom stereocenters. The Hall–Kier alpha value is -2.01. The van der Waals surface area contributed by atoms with E-state index in [1.165, 1.54) is 31.4 Å². The van der Waals surface area contributed by atoms with Gasteiger partial charge in [-0.25, -0.2) is 13.2 Å². The number of nitrogens with one attached hydrogen (secondary N) is 1. The Morgan fingerprint density at radius 2 is 1.71 bits per heavy atom. The smallest absolute Gasteiger partial charge is 0.165 e. The first-order valence-corrected chi connectivity index (χ1v) is 6.49. The van der Waals surface area contributed by atoms with Gasteiger partial charge in [-0.15, -0.1) is 0 Å². The number of halogens is 3. The summed E-state index contributed by atoms with van der Waals surface area (Å²) in [6.45, 7) is 0. The first kappa shape index (κ1) is 15.4. The minimum Gasteiger partial charge on any atom is -0.494 e. The van der Waals surface area contributed by atoms with Gasteiger partial charge in [-0.2, -0.15) is 0 Å². The Kier molecular flexibility index (Phi) is 4.85. The van der Waals surface area contributed by atoms with Crippen molar-refractivity contribution in [3.63, 3.8) is 0 Å². The highest BCUT2D eigenvalue weighted by molar-refractivity contribution is 5.32. The number of benzene rings is 2. The van der Waals surface area contributed by atoms with E-state index in [1.54, 1.807) is 13.1 Å². The number of hydrogen-bond donors (Lipinski definition) is 1. The Morgan fingerprint density at radius 1 is 1.05 bits per heavy atom. The monoisotopic (exact) mass is 295 g/mol. The number of ether oxygens (including phenoxy) is 1. The molecule has 21 heavy (non-hydrogen) atoms. The summed E-state index contributed by atoms with van der Waals surface area (Å²) >= 11 is 0. The van der Waals surface area contributed by atoms with Crippen LogP contribution in [0.4, 0.5) is 13.2 Å². The van der Waals surface area contributed by atoms with Gasteiger partial charge in [0.1, 0.15) is 11.6 Å². The van der Waals surface area contributed by atoms with Gasteiger partial charge in [0.05, 0.1) is 7.11 Å². The van der Waals surface area contributed by atoms with Crippen molar-refractivity contribution in [3.8, 4) is 5.75 Å². The molecule has 0 amide bonds. The van der Waals surface area contributed by atoms with Crippen LogP contribution in [0, 0.1) is 17.5 Å². The van der Waals surface area contributed by atoms with E-state index in [-0.39, 0.29) is 11.8 Å². The second-order valence-corrected chi connectivity index (χ2v) is 4.72. The summed E-state index contributed by atoms with van der Waals surface area (Å²) in [5.41, 5.74) is 1.18. The largest absolute Gasteiger partial charge is 0.494 e. The lowest BCUT2D eigenvalue weighted by Crippen LogP contribution is -2.19. The fourth-order valence-electron chi connectivity index (χ4n) is 2.25. The van der Waals surface area contributed by atoms with Gasteiger partial charge in [0.15, 0.2) is 11.6 Å². The predicted molar refractivity (Wildman–Crippen MR) is 74.8 cm³/mol. The van der Waals surface area contributed by atoms with E-state index in [0.29, 0.717) is 17.5 Å². The van der Waals surface area contributed by atoms with Gasteiger partial charge in [0.2, 0.25) is 0 Å². The lowest BCUT2D eigenvalue weighted by Gasteiger charge is -2.17. The average molecular weight is 295 g/mol. The molecule has 0 bridgehead atoms. The lowest BCUT2D eigenvalue weighted by atomic mass is 9.98. The van der Waals surface area contributed by atoms with Gasteiger partial charge in [-0.05, 0) is 48.9 Å². The van der Waals surface area contributed by atoms with Gasteiger partial charge in [-0.3, -0.25) is 0 Å². The van der Waals surface area contributed by atoms with E-state index in [0.717, 1.165) is 6.07 Å². The molecule has 0 spiro atoms. The molecule has 0 fully saturated rings. The summed E-state index contributed by atoms with van der Waals surface area (Å²) in [5, 5.41) is 3.02. The van der Waals surface area contributed by atoms with Crippen molar-refractivity contribution in [1.82, 2.24) is 5.32 Å². The number of likely N-dealkylation sites (N-methyl/N-ethyl adjacent to an activating group) is 1. The molecule has 1 atom stereocenters. The Bertz CT molecular complexity index is 611. The molecule has 2 rings (SSSR count). The van der Waals surface area contributed by atoms with Gasteiger partial charge in [0, 0.05) is 12.1 Å². The quantitative estimate of drug-likeness (QED) is 0.909. The number of hydrogen-bond acceptors (Lipinski definition) is 2. The maximum Gasteiger partial charge on any atom is 0.165 e. The summed E-state index contributed by atoms with van der Waals surface area (Å²) in [5.74, 6) is -1.56. The first-order valence-electron chi connectivity index (χ1n) is 6.49. The van der Waals surface area contributed by atoms with Gasteiger partial charge >= 0.3 is 0 Å². The van der Waals surface area contributed by atoms with Gasteiger partial charge < -0.3 is 10.1 Å². The molecule has 0 aliphatic heterocycles. The van der Waals surface area contributed by atoms with Crippen molar-refractivity contribution in [2.45, 2.75) is 12.5 Å². The number of rotatable bonds is 5. The van der Waals surface area contributed by atoms with Crippen molar-refractivity contribution >= 4 is 0 Å². The lowest BCUT2D eigenvalue weighted by molar-refractivity contribution is 0.385.